The Morgan fingerprint density at radius 1 is 0.517 bits per heavy atom. The Morgan fingerprint density at radius 3 is 1.35 bits per heavy atom. The molecule has 0 saturated carbocycles. The van der Waals surface area contributed by atoms with Crippen molar-refractivity contribution in [2.75, 3.05) is 141 Å². The number of nitrogens with one attached hydrogen (secondary N) is 12. The summed E-state index contributed by atoms with van der Waals surface area (Å²) in [5.41, 5.74) is 6.72. The zero-order chi connectivity index (χ0) is 105. The van der Waals surface area contributed by atoms with Gasteiger partial charge in [0, 0.05) is 179 Å². The van der Waals surface area contributed by atoms with E-state index in [1.807, 2.05) is 29.7 Å². The van der Waals surface area contributed by atoms with Crippen LogP contribution < -0.4 is 62.9 Å². The number of Topliss-reactive ketones (excluding diaryl/α,β-unsaturated/α-hetero) is 2. The van der Waals surface area contributed by atoms with Crippen LogP contribution in [-0.2, 0) is 90.4 Å². The average molecular weight is 2060 g/mol. The molecule has 0 bridgehead atoms. The molecule has 51 heteroatoms. The highest BCUT2D eigenvalue weighted by atomic mass is 32.2. The molecular formula is C92H122N22O25S4. The van der Waals surface area contributed by atoms with Gasteiger partial charge in [0.1, 0.15) is 45.2 Å². The number of hydrogen-bond acceptors (Lipinski definition) is 33. The summed E-state index contributed by atoms with van der Waals surface area (Å²) in [5.74, 6) is -6.14. The quantitative estimate of drug-likeness (QED) is 0.0110. The average Bonchev–Trinajstić information content (AvgIpc) is 0.992. The first kappa shape index (κ1) is 115. The van der Waals surface area contributed by atoms with E-state index in [0.717, 1.165) is 50.2 Å². The van der Waals surface area contributed by atoms with Crippen LogP contribution in [0.3, 0.4) is 0 Å². The van der Waals surface area contributed by atoms with E-state index in [-0.39, 0.29) is 125 Å². The van der Waals surface area contributed by atoms with Crippen LogP contribution in [0.2, 0.25) is 0 Å². The van der Waals surface area contributed by atoms with Crippen molar-refractivity contribution in [3.05, 3.63) is 228 Å². The lowest BCUT2D eigenvalue weighted by Gasteiger charge is -2.32. The molecule has 1 fully saturated rings. The van der Waals surface area contributed by atoms with E-state index in [9.17, 15) is 106 Å². The smallest absolute Gasteiger partial charge is 0.317 e. The lowest BCUT2D eigenvalue weighted by molar-refractivity contribution is -0.138. The van der Waals surface area contributed by atoms with Crippen LogP contribution in [0.1, 0.15) is 108 Å². The number of anilines is 3. The van der Waals surface area contributed by atoms with Gasteiger partial charge in [-0.2, -0.15) is 31.4 Å². The maximum atomic E-state index is 13.9. The summed E-state index contributed by atoms with van der Waals surface area (Å²) >= 11 is 0. The molecule has 5 amide bonds. The lowest BCUT2D eigenvalue weighted by atomic mass is 10.1. The summed E-state index contributed by atoms with van der Waals surface area (Å²) in [7, 11) is -15.8. The number of hydrazone groups is 1. The van der Waals surface area contributed by atoms with Gasteiger partial charge >= 0.3 is 5.97 Å². The molecule has 0 spiro atoms. The Balaban J connectivity index is 0.000000340. The highest BCUT2D eigenvalue weighted by Gasteiger charge is 2.33. The number of carbonyl (C=O) groups is 8. The number of aromatic nitrogens is 7. The highest BCUT2D eigenvalue weighted by molar-refractivity contribution is 7.90. The number of carbonyl (C=O) groups excluding carboxylic acids is 7. The number of aliphatic hydroxyl groups is 4. The number of fused-ring (bicyclic) bond motifs is 2. The van der Waals surface area contributed by atoms with Crippen LogP contribution in [0.4, 0.5) is 17.7 Å². The summed E-state index contributed by atoms with van der Waals surface area (Å²) in [6.07, 6.45) is 11.8. The first-order chi connectivity index (χ1) is 67.9. The molecule has 1 saturated heterocycles. The third-order valence-electron chi connectivity index (χ3n) is 22.4. The number of sulfonamides is 2. The number of aromatic amines is 2. The second kappa shape index (κ2) is 54.2. The SMILES string of the molecule is CC(=O)C(CNC(=O)c1cn(CCCNC(=O)CN2CCN(CO)CCN(CO)CCN(CC(=O)O)CC2)c2cc(CNc3ncc[nH]3)ccc2c1=O)NS(=O)(=O)c1c(C)cc(C)cc1C.CC(=O)C(CNC(=O)c1cn(CCCNC(=O)[C@H](CS(=O)(=O)O)NC(=O)c2ccc(N/N=C\c3ccccc3S(=O)(=O)O)nc2)c2cc(CNc3ncc[nH]3)ccc2c1=O)NS(=O)(=O)c1c(C)cc(C)cc1C.CO.CO. The molecule has 1 aliphatic rings. The van der Waals surface area contributed by atoms with Crippen molar-refractivity contribution in [3.8, 4) is 0 Å². The zero-order valence-corrected chi connectivity index (χ0v) is 83.7. The van der Waals surface area contributed by atoms with Crippen molar-refractivity contribution in [2.24, 2.45) is 5.10 Å². The number of aryl methyl sites for hydroxylation is 8. The van der Waals surface area contributed by atoms with Crippen LogP contribution in [0.25, 0.3) is 21.8 Å². The second-order valence-electron chi connectivity index (χ2n) is 33.3. The van der Waals surface area contributed by atoms with Gasteiger partial charge < -0.3 is 81.9 Å². The molecule has 19 N–H and O–H groups in total. The molecule has 47 nitrogen and oxygen atoms in total. The lowest BCUT2D eigenvalue weighted by Crippen LogP contribution is -2.50. The van der Waals surface area contributed by atoms with Gasteiger partial charge in [-0.3, -0.25) is 82.1 Å². The number of nitrogens with zero attached hydrogens (tertiary/aromatic N) is 10. The largest absolute Gasteiger partial charge is 0.480 e. The van der Waals surface area contributed by atoms with Crippen molar-refractivity contribution in [3.63, 3.8) is 0 Å². The summed E-state index contributed by atoms with van der Waals surface area (Å²) in [5, 5.41) is 66.7. The van der Waals surface area contributed by atoms with Crippen LogP contribution in [0.15, 0.2) is 170 Å². The fourth-order valence-corrected chi connectivity index (χ4v) is 20.3. The maximum Gasteiger partial charge on any atom is 0.317 e. The van der Waals surface area contributed by atoms with Crippen molar-refractivity contribution in [2.45, 2.75) is 127 Å². The number of hydrogen-bond donors (Lipinski definition) is 19. The standard InChI is InChI=1S/C46H51N11O13S3.C44H63N11O10S.2CH4O/c1-27-18-28(2)42(29(3)19-27)72(66,67)56-36(30(4)58)24-51-44(61)35-25-57(38-20-31(10-12-34(38)41(35)59)21-52-46-48-15-16-49-46)17-7-14-47-45(62)37(26-71(63,64)65)54-43(60)33-11-13-40(50-22-33)55-53-23-32-8-5-6-9-39(32)73(68,69)70;1-30-20-31(2)42(32(3)21-30)66(64,65)50-37(33(4)58)24-48-43(63)36-25-55(38-22-34(6-7-35(38)41(36)62)23-49-44-46-9-10-47-44)11-5-8-45-39(59)26-51-12-13-52(27-40(60)61)15-17-54(29-57)19-18-53(28-56)16-14-51;2*1-2/h5-6,8-13,15-16,18-20,22-23,25,36-37,56H,7,14,17,21,24,26H2,1-4H3,(H,47,62)(H,50,55)(H,51,61)(H,54,60)(H2,48,49,52)(H,63,64,65)(H,68,69,70);6-7,9-10,20-22,25,37,50,56-57H,5,8,11-19,23-24,26-29H2,1-4H3,(H,45,59)(H,48,63)(H,60,61)(H2,46,47,49);2*2H,1H3/b53-23-;;;/t36?,37-;;;/m0.../s1. The van der Waals surface area contributed by atoms with Gasteiger partial charge in [0.15, 0.2) is 11.9 Å². The predicted molar refractivity (Wildman–Crippen MR) is 533 cm³/mol. The summed E-state index contributed by atoms with van der Waals surface area (Å²) in [6.45, 7) is 15.5. The Bertz CT molecular complexity index is 6730. The normalized spacial score (nSPS) is 13.9. The topological polar surface area (TPSA) is 675 Å². The number of rotatable bonds is 43. The van der Waals surface area contributed by atoms with Crippen LogP contribution >= 0.6 is 0 Å². The second-order valence-corrected chi connectivity index (χ2v) is 39.5. The number of imidazole rings is 2. The first-order valence-electron chi connectivity index (χ1n) is 44.8. The molecule has 2 unspecified atom stereocenters. The Morgan fingerprint density at radius 2 is 0.951 bits per heavy atom. The van der Waals surface area contributed by atoms with E-state index in [2.05, 4.69) is 82.1 Å². The fourth-order valence-electron chi connectivity index (χ4n) is 15.6. The van der Waals surface area contributed by atoms with Crippen LogP contribution in [0.5, 0.6) is 0 Å². The van der Waals surface area contributed by atoms with E-state index in [0.29, 0.717) is 116 Å². The molecule has 3 atom stereocenters. The molecule has 5 aromatic heterocycles. The monoisotopic (exact) mass is 2060 g/mol. The molecule has 143 heavy (non-hydrogen) atoms. The van der Waals surface area contributed by atoms with E-state index in [1.165, 1.54) is 61.8 Å². The number of pyridine rings is 3. The molecule has 5 aromatic carbocycles. The van der Waals surface area contributed by atoms with Crippen molar-refractivity contribution in [1.82, 2.24) is 89.7 Å². The van der Waals surface area contributed by atoms with E-state index >= 15 is 0 Å². The summed E-state index contributed by atoms with van der Waals surface area (Å²) in [6, 6.07) is 20.5. The van der Waals surface area contributed by atoms with E-state index < -0.39 is 129 Å². The number of aliphatic hydroxyl groups excluding tert-OH is 4. The van der Waals surface area contributed by atoms with Gasteiger partial charge in [0.25, 0.3) is 38.0 Å². The van der Waals surface area contributed by atoms with Crippen molar-refractivity contribution >= 4 is 133 Å². The Kier molecular flexibility index (Phi) is 43.6. The number of carboxylic acids is 1. The first-order valence-corrected chi connectivity index (χ1v) is 50.8. The Hall–Kier alpha value is -13.4. The third-order valence-corrected chi connectivity index (χ3v) is 27.6. The number of aliphatic carboxylic acids is 1. The van der Waals surface area contributed by atoms with Gasteiger partial charge in [-0.1, -0.05) is 65.7 Å². The van der Waals surface area contributed by atoms with Crippen molar-refractivity contribution < 1.29 is 107 Å². The van der Waals surface area contributed by atoms with E-state index in [1.54, 1.807) is 120 Å². The Labute approximate surface area is 825 Å². The third kappa shape index (κ3) is 34.5. The molecule has 10 aromatic rings. The molecule has 0 aliphatic carbocycles. The fraction of sp³-hybridized carbons (Fsp3) is 0.391. The molecule has 774 valence electrons. The van der Waals surface area contributed by atoms with Gasteiger partial charge in [-0.05, 0) is 144 Å². The number of ketones is 2. The number of carboxylic acid groups (broad SMARTS) is 1. The highest BCUT2D eigenvalue weighted by Crippen LogP contribution is 2.26. The number of H-pyrrole nitrogens is 2. The maximum absolute atomic E-state index is 13.9. The van der Waals surface area contributed by atoms with Crippen LogP contribution in [0, 0.1) is 41.5 Å². The number of benzene rings is 5. The summed E-state index contributed by atoms with van der Waals surface area (Å²) < 4.78 is 129. The minimum atomic E-state index is -4.83. The van der Waals surface area contributed by atoms with Gasteiger partial charge in [0.05, 0.1) is 71.2 Å². The van der Waals surface area contributed by atoms with Crippen LogP contribution in [-0.4, -0.2) is 318 Å². The van der Waals surface area contributed by atoms with Crippen molar-refractivity contribution in [1.29, 1.82) is 0 Å². The molecule has 1 aliphatic heterocycles. The van der Waals surface area contributed by atoms with E-state index in [4.69, 9.17) is 10.2 Å². The number of amides is 5. The molecule has 11 rings (SSSR count). The van der Waals surface area contributed by atoms with Gasteiger partial charge in [-0.15, -0.1) is 0 Å². The molecule has 6 heterocycles. The molecule has 0 radical (unpaired) electrons. The predicted octanol–water partition coefficient (Wildman–Crippen LogP) is 1.07. The zero-order valence-electron chi connectivity index (χ0n) is 80.4. The minimum Gasteiger partial charge on any atom is -0.480 e. The molecular weight excluding hydrogens is 1940 g/mol. The van der Waals surface area contributed by atoms with Gasteiger partial charge in [-0.25, -0.2) is 31.8 Å². The summed E-state index contributed by atoms with van der Waals surface area (Å²) in [4.78, 5) is 158. The van der Waals surface area contributed by atoms with Gasteiger partial charge in [0.2, 0.25) is 42.7 Å². The minimum absolute atomic E-state index is 0.00709.